The number of ether oxygens (including phenoxy) is 1. The third kappa shape index (κ3) is 4.90. The zero-order valence-corrected chi connectivity index (χ0v) is 17.2. The molecule has 1 heterocycles. The van der Waals surface area contributed by atoms with Crippen molar-refractivity contribution in [3.05, 3.63) is 64.4 Å². The van der Waals surface area contributed by atoms with Gasteiger partial charge in [0, 0.05) is 0 Å². The van der Waals surface area contributed by atoms with Gasteiger partial charge in [-0.15, -0.1) is 0 Å². The zero-order chi connectivity index (χ0) is 19.1. The van der Waals surface area contributed by atoms with E-state index < -0.39 is 0 Å². The van der Waals surface area contributed by atoms with Crippen molar-refractivity contribution in [1.82, 2.24) is 8.88 Å². The van der Waals surface area contributed by atoms with Crippen LogP contribution in [0.4, 0.5) is 0 Å². The van der Waals surface area contributed by atoms with E-state index >= 15 is 0 Å². The molecule has 3 rings (SSSR count). The molecule has 0 radical (unpaired) electrons. The van der Waals surface area contributed by atoms with Crippen molar-refractivity contribution in [2.24, 2.45) is 0 Å². The van der Waals surface area contributed by atoms with Gasteiger partial charge >= 0.3 is 159 Å². The maximum absolute atomic E-state index is 12.6. The van der Waals surface area contributed by atoms with E-state index in [2.05, 4.69) is 5.32 Å². The number of hydrogen-bond acceptors (Lipinski definition) is 3. The normalized spacial score (nSPS) is 10.9. The number of fused-ring (bicyclic) bond motifs is 1. The van der Waals surface area contributed by atoms with Crippen LogP contribution in [-0.2, 0) is 6.54 Å². The van der Waals surface area contributed by atoms with E-state index in [0.29, 0.717) is 17.9 Å². The Balaban J connectivity index is 1.40. The Bertz CT molecular complexity index is 947. The Morgan fingerprint density at radius 1 is 1.04 bits per heavy atom. The topological polar surface area (TPSA) is 60.3 Å². The van der Waals surface area contributed by atoms with Gasteiger partial charge in [0.05, 0.1) is 0 Å². The Labute approximate surface area is 164 Å². The average molecular weight is 431 g/mol. The third-order valence-electron chi connectivity index (χ3n) is 4.47. The van der Waals surface area contributed by atoms with Crippen LogP contribution >= 0.6 is 0 Å². The minimum absolute atomic E-state index is 0.0207. The van der Waals surface area contributed by atoms with Gasteiger partial charge in [-0.05, 0) is 0 Å². The van der Waals surface area contributed by atoms with E-state index in [1.165, 1.54) is 0 Å². The first-order chi connectivity index (χ1) is 13.2. The molecule has 142 valence electrons. The second kappa shape index (κ2) is 9.58. The summed E-state index contributed by atoms with van der Waals surface area (Å²) in [5, 5.41) is 3.69. The summed E-state index contributed by atoms with van der Waals surface area (Å²) in [4.78, 5) is 24.5. The van der Waals surface area contributed by atoms with E-state index in [4.69, 9.17) is 4.74 Å². The Morgan fingerprint density at radius 3 is 2.59 bits per heavy atom. The van der Waals surface area contributed by atoms with E-state index in [-0.39, 0.29) is 26.2 Å². The number of nitrogens with one attached hydrogen (secondary N) is 1. The average Bonchev–Trinajstić information content (AvgIpc) is 3.03. The van der Waals surface area contributed by atoms with E-state index in [1.807, 2.05) is 52.1 Å². The van der Waals surface area contributed by atoms with Gasteiger partial charge in [-0.1, -0.05) is 6.07 Å². The fourth-order valence-electron chi connectivity index (χ4n) is 3.03. The van der Waals surface area contributed by atoms with Crippen molar-refractivity contribution in [2.75, 3.05) is 13.7 Å². The molecule has 0 fully saturated rings. The number of aryl methyl sites for hydroxylation is 1. The van der Waals surface area contributed by atoms with Gasteiger partial charge in [0.1, 0.15) is 0 Å². The van der Waals surface area contributed by atoms with Crippen LogP contribution in [0.25, 0.3) is 9.65 Å². The molecule has 0 aliphatic heterocycles. The second-order valence-electron chi connectivity index (χ2n) is 6.37. The van der Waals surface area contributed by atoms with Gasteiger partial charge in [0.2, 0.25) is 0 Å². The summed E-state index contributed by atoms with van der Waals surface area (Å²) in [6.07, 6.45) is 4.02. The van der Waals surface area contributed by atoms with Gasteiger partial charge in [-0.25, -0.2) is 0 Å². The number of nitrogens with zero attached hydrogens (tertiary/aromatic N) is 1. The zero-order valence-electron chi connectivity index (χ0n) is 15.4. The summed E-state index contributed by atoms with van der Waals surface area (Å²) in [6, 6.07) is 15.1. The summed E-state index contributed by atoms with van der Waals surface area (Å²) in [5.74, 6) is 0.656. The molecule has 0 spiro atoms. The van der Waals surface area contributed by atoms with Crippen molar-refractivity contribution < 1.29 is 9.53 Å². The standard InChI is InChI=1S/C21H24N2O3Se/c1-26-17-12-9-13-18-19(17)21(25)23(27-18)15-8-3-2-7-14-22-20(24)16-10-5-4-6-11-16/h4-6,9-13H,2-3,7-8,14-15H2,1H3,(H,22,24). The number of rotatable bonds is 9. The number of aromatic nitrogens is 1. The third-order valence-corrected chi connectivity index (χ3v) is 6.79. The first kappa shape index (κ1) is 19.5. The minimum atomic E-state index is -0.0207. The quantitative estimate of drug-likeness (QED) is 0.419. The molecule has 3 aromatic rings. The summed E-state index contributed by atoms with van der Waals surface area (Å²) in [5.41, 5.74) is 0.792. The summed E-state index contributed by atoms with van der Waals surface area (Å²) >= 11 is 0.0462. The SMILES string of the molecule is COc1cccc2[se]n(CCCCCCNC(=O)c3ccccc3)c(=O)c12. The van der Waals surface area contributed by atoms with Crippen LogP contribution in [0.5, 0.6) is 5.75 Å². The molecule has 1 aromatic heterocycles. The van der Waals surface area contributed by atoms with Crippen LogP contribution < -0.4 is 15.6 Å². The predicted molar refractivity (Wildman–Crippen MR) is 109 cm³/mol. The van der Waals surface area contributed by atoms with Crippen molar-refractivity contribution in [3.63, 3.8) is 0 Å². The van der Waals surface area contributed by atoms with Crippen LogP contribution in [0.2, 0.25) is 0 Å². The summed E-state index contributed by atoms with van der Waals surface area (Å²) < 4.78 is 8.39. The molecular formula is C21H24N2O3Se. The van der Waals surface area contributed by atoms with Crippen LogP contribution in [0.1, 0.15) is 36.0 Å². The molecule has 1 amide bonds. The first-order valence-corrected chi connectivity index (χ1v) is 10.8. The molecule has 2 aromatic carbocycles. The molecular weight excluding hydrogens is 407 g/mol. The van der Waals surface area contributed by atoms with Crippen molar-refractivity contribution >= 4 is 30.3 Å². The Morgan fingerprint density at radius 2 is 1.81 bits per heavy atom. The molecule has 0 saturated heterocycles. The molecule has 0 aliphatic rings. The van der Waals surface area contributed by atoms with Gasteiger partial charge in [-0.3, -0.25) is 0 Å². The number of carbonyl (C=O) groups is 1. The Kier molecular flexibility index (Phi) is 6.91. The van der Waals surface area contributed by atoms with Crippen LogP contribution in [-0.4, -0.2) is 37.9 Å². The van der Waals surface area contributed by atoms with Gasteiger partial charge in [-0.2, -0.15) is 0 Å². The van der Waals surface area contributed by atoms with Crippen molar-refractivity contribution in [2.45, 2.75) is 32.2 Å². The van der Waals surface area contributed by atoms with Gasteiger partial charge in [0.25, 0.3) is 0 Å². The number of benzene rings is 2. The van der Waals surface area contributed by atoms with E-state index in [9.17, 15) is 9.59 Å². The van der Waals surface area contributed by atoms with Crippen molar-refractivity contribution in [3.8, 4) is 5.75 Å². The van der Waals surface area contributed by atoms with Gasteiger partial charge < -0.3 is 0 Å². The number of hydrogen-bond donors (Lipinski definition) is 1. The summed E-state index contributed by atoms with van der Waals surface area (Å²) in [7, 11) is 1.61. The van der Waals surface area contributed by atoms with Crippen LogP contribution in [0.15, 0.2) is 53.3 Å². The fourth-order valence-corrected chi connectivity index (χ4v) is 5.23. The summed E-state index contributed by atoms with van der Waals surface area (Å²) in [6.45, 7) is 1.47. The molecule has 5 nitrogen and oxygen atoms in total. The number of carbonyl (C=O) groups excluding carboxylic acids is 1. The first-order valence-electron chi connectivity index (χ1n) is 9.21. The number of amides is 1. The Hall–Kier alpha value is -2.30. The molecule has 0 saturated carbocycles. The van der Waals surface area contributed by atoms with Gasteiger partial charge in [0.15, 0.2) is 0 Å². The van der Waals surface area contributed by atoms with E-state index in [1.54, 1.807) is 7.11 Å². The maximum atomic E-state index is 12.6. The second-order valence-corrected chi connectivity index (χ2v) is 8.60. The molecule has 0 bridgehead atoms. The molecule has 0 atom stereocenters. The number of unbranched alkanes of at least 4 members (excludes halogenated alkanes) is 3. The predicted octanol–water partition coefficient (Wildman–Crippen LogP) is 3.06. The van der Waals surface area contributed by atoms with Crippen LogP contribution in [0, 0.1) is 0 Å². The van der Waals surface area contributed by atoms with Crippen molar-refractivity contribution in [1.29, 1.82) is 0 Å². The molecule has 0 aliphatic carbocycles. The fraction of sp³-hybridized carbons (Fsp3) is 0.333. The van der Waals surface area contributed by atoms with E-state index in [0.717, 1.165) is 41.9 Å². The number of methoxy groups -OCH3 is 1. The molecule has 27 heavy (non-hydrogen) atoms. The molecule has 0 unspecified atom stereocenters. The molecule has 6 heteroatoms. The monoisotopic (exact) mass is 432 g/mol. The van der Waals surface area contributed by atoms with Crippen LogP contribution in [0.3, 0.4) is 0 Å². The molecule has 1 N–H and O–H groups in total.